The molecule has 2 fully saturated rings. The first-order valence-corrected chi connectivity index (χ1v) is 12.6. The minimum atomic E-state index is -2.26. The van der Waals surface area contributed by atoms with E-state index in [4.69, 9.17) is 13.9 Å². The molecule has 1 saturated heterocycles. The van der Waals surface area contributed by atoms with Crippen molar-refractivity contribution in [3.05, 3.63) is 11.1 Å². The Labute approximate surface area is 168 Å². The van der Waals surface area contributed by atoms with Crippen molar-refractivity contribution in [2.75, 3.05) is 7.11 Å². The largest absolute Gasteiger partial charge is 0.466 e. The van der Waals surface area contributed by atoms with Gasteiger partial charge in [0.05, 0.1) is 43.0 Å². The molecule has 28 heavy (non-hydrogen) atoms. The number of ether oxygens (including phenoxy) is 2. The van der Waals surface area contributed by atoms with Gasteiger partial charge in [0.25, 0.3) is 0 Å². The van der Waals surface area contributed by atoms with Crippen LogP contribution in [0.1, 0.15) is 54.4 Å². The highest BCUT2D eigenvalue weighted by molar-refractivity contribution is 6.77. The van der Waals surface area contributed by atoms with Crippen molar-refractivity contribution in [1.29, 1.82) is 0 Å². The van der Waals surface area contributed by atoms with Crippen LogP contribution in [0.25, 0.3) is 0 Å². The van der Waals surface area contributed by atoms with Gasteiger partial charge >= 0.3 is 5.97 Å². The Morgan fingerprint density at radius 3 is 2.21 bits per heavy atom. The van der Waals surface area contributed by atoms with Crippen LogP contribution in [0, 0.1) is 5.92 Å². The summed E-state index contributed by atoms with van der Waals surface area (Å²) in [7, 11) is -0.910. The number of esters is 1. The van der Waals surface area contributed by atoms with Crippen molar-refractivity contribution in [2.45, 2.75) is 95.4 Å². The topological polar surface area (TPSA) is 82.1 Å². The molecule has 7 heteroatoms. The molecule has 5 atom stereocenters. The number of hydrogen-bond donors (Lipinski definition) is 1. The number of rotatable bonds is 6. The zero-order valence-corrected chi connectivity index (χ0v) is 19.0. The Bertz CT molecular complexity index is 661. The van der Waals surface area contributed by atoms with E-state index < -0.39 is 44.6 Å². The minimum Gasteiger partial charge on any atom is -0.466 e. The quantitative estimate of drug-likeness (QED) is 0.535. The summed E-state index contributed by atoms with van der Waals surface area (Å²) >= 11 is 0. The maximum Gasteiger partial charge on any atom is 0.336 e. The van der Waals surface area contributed by atoms with Crippen molar-refractivity contribution in [1.82, 2.24) is 0 Å². The summed E-state index contributed by atoms with van der Waals surface area (Å²) in [6.07, 6.45) is -1.96. The van der Waals surface area contributed by atoms with Gasteiger partial charge in [-0.25, -0.2) is 4.79 Å². The summed E-state index contributed by atoms with van der Waals surface area (Å²) in [6.45, 7) is 13.2. The van der Waals surface area contributed by atoms with Crippen molar-refractivity contribution in [2.24, 2.45) is 5.92 Å². The third-order valence-electron chi connectivity index (χ3n) is 7.01. The van der Waals surface area contributed by atoms with Crippen molar-refractivity contribution < 1.29 is 28.6 Å². The smallest absolute Gasteiger partial charge is 0.336 e. The Kier molecular flexibility index (Phi) is 5.94. The number of aliphatic hydroxyl groups is 1. The number of hydrogen-bond acceptors (Lipinski definition) is 6. The van der Waals surface area contributed by atoms with Crippen molar-refractivity contribution >= 4 is 20.1 Å². The molecule has 0 aromatic carbocycles. The summed E-state index contributed by atoms with van der Waals surface area (Å²) in [5.41, 5.74) is 2.30. The van der Waals surface area contributed by atoms with E-state index in [1.165, 1.54) is 7.11 Å². The number of ketones is 1. The van der Waals surface area contributed by atoms with Gasteiger partial charge in [-0.15, -0.1) is 0 Å². The normalized spacial score (nSPS) is 32.7. The molecule has 3 aliphatic rings. The number of fused-ring (bicyclic) bond motifs is 1. The standard InChI is InChI=1S/C21H34O6Si/c1-10(2)28(11(3)4,12(5)6)27-16-9-14(23)17-13(22)8-15-19(21(24)25-7)18(16)20(17)26-15/h10-12,14-17,20,23H,8-9H2,1-7H3/t14?,15?,16?,17-,20?/m1/s1. The average Bonchev–Trinajstić information content (AvgIpc) is 2.92. The van der Waals surface area contributed by atoms with Crippen LogP contribution in [0.4, 0.5) is 0 Å². The number of methoxy groups -OCH3 is 1. The highest BCUT2D eigenvalue weighted by atomic mass is 28.4. The van der Waals surface area contributed by atoms with Crippen LogP contribution in [-0.4, -0.2) is 56.7 Å². The average molecular weight is 411 g/mol. The molecule has 4 unspecified atom stereocenters. The van der Waals surface area contributed by atoms with Crippen LogP contribution in [0.15, 0.2) is 11.1 Å². The third-order valence-corrected chi connectivity index (χ3v) is 13.1. The Balaban J connectivity index is 2.09. The lowest BCUT2D eigenvalue weighted by molar-refractivity contribution is -0.150. The fourth-order valence-corrected chi connectivity index (χ4v) is 11.5. The van der Waals surface area contributed by atoms with E-state index in [-0.39, 0.29) is 12.2 Å². The number of carbonyl (C=O) groups excluding carboxylic acids is 2. The van der Waals surface area contributed by atoms with Gasteiger partial charge in [-0.1, -0.05) is 41.5 Å². The molecule has 2 bridgehead atoms. The molecule has 0 aromatic heterocycles. The Morgan fingerprint density at radius 2 is 1.71 bits per heavy atom. The zero-order chi connectivity index (χ0) is 21.0. The summed E-state index contributed by atoms with van der Waals surface area (Å²) in [4.78, 5) is 25.2. The molecular formula is C21H34O6Si. The van der Waals surface area contributed by atoms with Crippen LogP contribution in [0.3, 0.4) is 0 Å². The molecule has 0 radical (unpaired) electrons. The minimum absolute atomic E-state index is 0.0383. The molecular weight excluding hydrogens is 376 g/mol. The van der Waals surface area contributed by atoms with E-state index in [0.717, 1.165) is 5.57 Å². The van der Waals surface area contributed by atoms with Gasteiger partial charge < -0.3 is 19.0 Å². The Hall–Kier alpha value is -1.02. The summed E-state index contributed by atoms with van der Waals surface area (Å²) < 4.78 is 18.0. The maximum atomic E-state index is 12.6. The van der Waals surface area contributed by atoms with Crippen molar-refractivity contribution in [3.8, 4) is 0 Å². The molecule has 0 spiro atoms. The molecule has 0 aromatic rings. The first-order chi connectivity index (χ1) is 13.1. The van der Waals surface area contributed by atoms with E-state index in [0.29, 0.717) is 28.6 Å². The fraction of sp³-hybridized carbons (Fsp3) is 0.810. The van der Waals surface area contributed by atoms with E-state index >= 15 is 0 Å². The van der Waals surface area contributed by atoms with Crippen LogP contribution in [0.5, 0.6) is 0 Å². The van der Waals surface area contributed by atoms with E-state index in [1.54, 1.807) is 0 Å². The van der Waals surface area contributed by atoms with Gasteiger partial charge in [0.1, 0.15) is 5.78 Å². The number of Topliss-reactive ketones (excluding diaryl/α,β-unsaturated/α-hetero) is 1. The lowest BCUT2D eigenvalue weighted by Crippen LogP contribution is -2.56. The van der Waals surface area contributed by atoms with E-state index in [1.807, 2.05) is 0 Å². The summed E-state index contributed by atoms with van der Waals surface area (Å²) in [6, 6.07) is 0. The Morgan fingerprint density at radius 1 is 1.14 bits per heavy atom. The highest BCUT2D eigenvalue weighted by Crippen LogP contribution is 2.51. The monoisotopic (exact) mass is 410 g/mol. The highest BCUT2D eigenvalue weighted by Gasteiger charge is 2.59. The third kappa shape index (κ3) is 3.11. The van der Waals surface area contributed by atoms with Crippen molar-refractivity contribution in [3.63, 3.8) is 0 Å². The number of carbonyl (C=O) groups is 2. The molecule has 158 valence electrons. The molecule has 1 N–H and O–H groups in total. The first-order valence-electron chi connectivity index (χ1n) is 10.4. The predicted molar refractivity (Wildman–Crippen MR) is 107 cm³/mol. The van der Waals surface area contributed by atoms with Gasteiger partial charge in [0.15, 0.2) is 0 Å². The van der Waals surface area contributed by atoms with Crippen LogP contribution in [-0.2, 0) is 23.5 Å². The number of aliphatic hydroxyl groups excluding tert-OH is 1. The second kappa shape index (κ2) is 7.67. The fourth-order valence-electron chi connectivity index (χ4n) is 5.96. The van der Waals surface area contributed by atoms with Gasteiger partial charge in [-0.05, 0) is 22.2 Å². The summed E-state index contributed by atoms with van der Waals surface area (Å²) in [5, 5.41) is 10.8. The van der Waals surface area contributed by atoms with Gasteiger partial charge in [-0.3, -0.25) is 4.79 Å². The molecule has 1 saturated carbocycles. The van der Waals surface area contributed by atoms with E-state index in [2.05, 4.69) is 41.5 Å². The molecule has 2 heterocycles. The van der Waals surface area contributed by atoms with Crippen LogP contribution < -0.4 is 0 Å². The summed E-state index contributed by atoms with van der Waals surface area (Å²) in [5.74, 6) is -1.10. The molecule has 6 nitrogen and oxygen atoms in total. The van der Waals surface area contributed by atoms with E-state index in [9.17, 15) is 14.7 Å². The lowest BCUT2D eigenvalue weighted by Gasteiger charge is -2.48. The van der Waals surface area contributed by atoms with Crippen LogP contribution in [0.2, 0.25) is 16.6 Å². The van der Waals surface area contributed by atoms with Gasteiger partial charge in [-0.2, -0.15) is 0 Å². The van der Waals surface area contributed by atoms with Crippen LogP contribution >= 0.6 is 0 Å². The lowest BCUT2D eigenvalue weighted by atomic mass is 9.76. The SMILES string of the molecule is COC(=O)C1=C2C(O[Si](C(C)C)(C(C)C)C(C)C)CC(O)[C@H]3C(=O)CC1OC23. The molecule has 2 aliphatic heterocycles. The van der Waals surface area contributed by atoms with Gasteiger partial charge in [0.2, 0.25) is 8.32 Å². The van der Waals surface area contributed by atoms with Gasteiger partial charge in [0, 0.05) is 12.8 Å². The maximum absolute atomic E-state index is 12.6. The molecule has 3 rings (SSSR count). The first kappa shape index (κ1) is 21.7. The molecule has 1 aliphatic carbocycles. The second-order valence-corrected chi connectivity index (χ2v) is 14.7. The predicted octanol–water partition coefficient (Wildman–Crippen LogP) is 3.14. The molecule has 0 amide bonds. The second-order valence-electron chi connectivity index (χ2n) is 9.33. The zero-order valence-electron chi connectivity index (χ0n) is 18.0.